The normalized spacial score (nSPS) is 26.1. The molecule has 154 valence electrons. The van der Waals surface area contributed by atoms with E-state index >= 15 is 0 Å². The molecule has 5 rings (SSSR count). The number of benzene rings is 2. The summed E-state index contributed by atoms with van der Waals surface area (Å²) in [7, 11) is 0. The highest BCUT2D eigenvalue weighted by molar-refractivity contribution is 6.42. The Morgan fingerprint density at radius 3 is 2.10 bits per heavy atom. The summed E-state index contributed by atoms with van der Waals surface area (Å²) in [5, 5.41) is 0.864. The Kier molecular flexibility index (Phi) is 4.07. The third kappa shape index (κ3) is 2.32. The Bertz CT molecular complexity index is 1220. The lowest BCUT2D eigenvalue weighted by atomic mass is 9.64. The van der Waals surface area contributed by atoms with Crippen LogP contribution in [-0.2, 0) is 15.6 Å². The number of aromatic nitrogens is 2. The molecule has 2 unspecified atom stereocenters. The van der Waals surface area contributed by atoms with Crippen molar-refractivity contribution in [1.82, 2.24) is 9.97 Å². The van der Waals surface area contributed by atoms with Crippen molar-refractivity contribution in [2.24, 2.45) is 5.41 Å². The quantitative estimate of drug-likeness (QED) is 0.352. The van der Waals surface area contributed by atoms with Crippen LogP contribution < -0.4 is 4.74 Å². The maximum absolute atomic E-state index is 13.7. The fourth-order valence-electron chi connectivity index (χ4n) is 5.35. The molecule has 0 amide bonds. The summed E-state index contributed by atoms with van der Waals surface area (Å²) < 4.78 is 5.91. The molecule has 0 saturated heterocycles. The standard InChI is InChI=1S/C24H22Cl2N2O2/c1-13-5-7-14(8-6-13)30-21(29)24-10-9-23(4,22(24,2)3)19-20(24)28-18-12-16(26)15(25)11-17(18)27-19/h5-8,11-12H,9-10H2,1-4H3. The SMILES string of the molecule is Cc1ccc(OC(=O)C23CCC(C)(c4nc5cc(Cl)c(Cl)cc5nc42)C3(C)C)cc1. The second kappa shape index (κ2) is 6.18. The molecule has 0 radical (unpaired) electrons. The van der Waals surface area contributed by atoms with Crippen LogP contribution in [0.15, 0.2) is 36.4 Å². The number of carbonyl (C=O) groups excluding carboxylic acids is 1. The molecule has 2 atom stereocenters. The average Bonchev–Trinajstić information content (AvgIpc) is 2.99. The van der Waals surface area contributed by atoms with Crippen LogP contribution >= 0.6 is 23.2 Å². The first-order valence-electron chi connectivity index (χ1n) is 10.1. The number of halogens is 2. The van der Waals surface area contributed by atoms with Gasteiger partial charge in [0.05, 0.1) is 32.5 Å². The van der Waals surface area contributed by atoms with Crippen LogP contribution in [0.25, 0.3) is 11.0 Å². The molecule has 0 spiro atoms. The number of nitrogens with zero attached hydrogens (tertiary/aromatic N) is 2. The van der Waals surface area contributed by atoms with Crippen molar-refractivity contribution in [3.63, 3.8) is 0 Å². The molecule has 3 aromatic rings. The second-order valence-corrected chi connectivity index (χ2v) is 10.1. The van der Waals surface area contributed by atoms with Gasteiger partial charge in [0.2, 0.25) is 0 Å². The van der Waals surface area contributed by atoms with E-state index in [1.807, 2.05) is 31.2 Å². The molecular weight excluding hydrogens is 419 g/mol. The molecule has 2 bridgehead atoms. The second-order valence-electron chi connectivity index (χ2n) is 9.24. The van der Waals surface area contributed by atoms with Crippen molar-refractivity contribution >= 4 is 40.2 Å². The zero-order valence-electron chi connectivity index (χ0n) is 17.3. The maximum Gasteiger partial charge on any atom is 0.324 e. The molecule has 1 aromatic heterocycles. The van der Waals surface area contributed by atoms with Crippen LogP contribution in [-0.4, -0.2) is 15.9 Å². The van der Waals surface area contributed by atoms with E-state index in [2.05, 4.69) is 20.8 Å². The molecule has 1 heterocycles. The predicted octanol–water partition coefficient (Wildman–Crippen LogP) is 6.18. The van der Waals surface area contributed by atoms with Crippen molar-refractivity contribution in [1.29, 1.82) is 0 Å². The van der Waals surface area contributed by atoms with E-state index in [4.69, 9.17) is 37.9 Å². The third-order valence-electron chi connectivity index (χ3n) is 7.66. The molecule has 4 nitrogen and oxygen atoms in total. The number of hydrogen-bond acceptors (Lipinski definition) is 4. The van der Waals surface area contributed by atoms with Crippen molar-refractivity contribution < 1.29 is 9.53 Å². The van der Waals surface area contributed by atoms with Gasteiger partial charge in [0.1, 0.15) is 11.2 Å². The van der Waals surface area contributed by atoms with Gasteiger partial charge in [-0.15, -0.1) is 0 Å². The molecular formula is C24H22Cl2N2O2. The Morgan fingerprint density at radius 1 is 0.933 bits per heavy atom. The molecule has 1 fully saturated rings. The van der Waals surface area contributed by atoms with Gasteiger partial charge in [0.15, 0.2) is 0 Å². The zero-order valence-corrected chi connectivity index (χ0v) is 18.9. The minimum atomic E-state index is -0.866. The summed E-state index contributed by atoms with van der Waals surface area (Å²) in [5.74, 6) is 0.272. The van der Waals surface area contributed by atoms with E-state index in [0.29, 0.717) is 38.9 Å². The van der Waals surface area contributed by atoms with Gasteiger partial charge >= 0.3 is 5.97 Å². The van der Waals surface area contributed by atoms with E-state index in [1.165, 1.54) is 0 Å². The first-order chi connectivity index (χ1) is 14.1. The van der Waals surface area contributed by atoms with Crippen LogP contribution in [0.4, 0.5) is 0 Å². The fourth-order valence-corrected chi connectivity index (χ4v) is 5.67. The molecule has 30 heavy (non-hydrogen) atoms. The topological polar surface area (TPSA) is 52.1 Å². The van der Waals surface area contributed by atoms with E-state index < -0.39 is 10.8 Å². The van der Waals surface area contributed by atoms with Crippen molar-refractivity contribution in [2.45, 2.75) is 51.4 Å². The van der Waals surface area contributed by atoms with Gasteiger partial charge in [-0.1, -0.05) is 61.7 Å². The fraction of sp³-hybridized carbons (Fsp3) is 0.375. The highest BCUT2D eigenvalue weighted by Crippen LogP contribution is 2.70. The first-order valence-corrected chi connectivity index (χ1v) is 10.8. The van der Waals surface area contributed by atoms with Gasteiger partial charge in [0.25, 0.3) is 0 Å². The van der Waals surface area contributed by atoms with E-state index in [9.17, 15) is 4.79 Å². The highest BCUT2D eigenvalue weighted by atomic mass is 35.5. The lowest BCUT2D eigenvalue weighted by molar-refractivity contribution is -0.145. The van der Waals surface area contributed by atoms with Gasteiger partial charge in [-0.2, -0.15) is 0 Å². The molecule has 1 saturated carbocycles. The minimum Gasteiger partial charge on any atom is -0.426 e. The zero-order chi connectivity index (χ0) is 21.5. The van der Waals surface area contributed by atoms with E-state index in [-0.39, 0.29) is 11.4 Å². The van der Waals surface area contributed by atoms with Crippen LogP contribution in [0.3, 0.4) is 0 Å². The number of carbonyl (C=O) groups is 1. The molecule has 0 aliphatic heterocycles. The summed E-state index contributed by atoms with van der Waals surface area (Å²) in [6.07, 6.45) is 1.52. The number of rotatable bonds is 2. The van der Waals surface area contributed by atoms with Gasteiger partial charge in [-0.05, 0) is 49.4 Å². The van der Waals surface area contributed by atoms with Gasteiger partial charge < -0.3 is 4.74 Å². The number of fused-ring (bicyclic) bond motifs is 6. The minimum absolute atomic E-state index is 0.271. The Hall–Kier alpha value is -2.17. The number of esters is 1. The lowest BCUT2D eigenvalue weighted by Gasteiger charge is -2.38. The number of hydrogen-bond donors (Lipinski definition) is 0. The lowest BCUT2D eigenvalue weighted by Crippen LogP contribution is -2.48. The highest BCUT2D eigenvalue weighted by Gasteiger charge is 2.74. The first kappa shape index (κ1) is 19.8. The average molecular weight is 441 g/mol. The van der Waals surface area contributed by atoms with Crippen molar-refractivity contribution in [3.8, 4) is 5.75 Å². The summed E-state index contributed by atoms with van der Waals surface area (Å²) in [5.41, 5.74) is 2.45. The molecule has 2 aliphatic carbocycles. The Labute approximate surface area is 185 Å². The van der Waals surface area contributed by atoms with Gasteiger partial charge in [-0.25, -0.2) is 9.97 Å². The summed E-state index contributed by atoms with van der Waals surface area (Å²) in [6.45, 7) is 8.44. The molecule has 2 aromatic carbocycles. The molecule has 6 heteroatoms. The maximum atomic E-state index is 13.7. The number of aryl methyl sites for hydroxylation is 1. The Balaban J connectivity index is 1.70. The van der Waals surface area contributed by atoms with Crippen LogP contribution in [0.5, 0.6) is 5.75 Å². The van der Waals surface area contributed by atoms with E-state index in [1.54, 1.807) is 12.1 Å². The van der Waals surface area contributed by atoms with Crippen LogP contribution in [0.1, 0.15) is 50.6 Å². The van der Waals surface area contributed by atoms with Crippen molar-refractivity contribution in [3.05, 3.63) is 63.4 Å². The van der Waals surface area contributed by atoms with Crippen LogP contribution in [0.2, 0.25) is 10.0 Å². The summed E-state index contributed by atoms with van der Waals surface area (Å²) in [4.78, 5) is 23.6. The van der Waals surface area contributed by atoms with E-state index in [0.717, 1.165) is 17.7 Å². The van der Waals surface area contributed by atoms with Gasteiger partial charge in [0, 0.05) is 5.41 Å². The number of ether oxygens (including phenoxy) is 1. The van der Waals surface area contributed by atoms with Gasteiger partial charge in [-0.3, -0.25) is 4.79 Å². The largest absolute Gasteiger partial charge is 0.426 e. The van der Waals surface area contributed by atoms with Crippen molar-refractivity contribution in [2.75, 3.05) is 0 Å². The smallest absolute Gasteiger partial charge is 0.324 e. The van der Waals surface area contributed by atoms with Crippen LogP contribution in [0, 0.1) is 12.3 Å². The summed E-state index contributed by atoms with van der Waals surface area (Å²) >= 11 is 12.4. The Morgan fingerprint density at radius 2 is 1.50 bits per heavy atom. The predicted molar refractivity (Wildman–Crippen MR) is 118 cm³/mol. The molecule has 0 N–H and O–H groups in total. The molecule has 2 aliphatic rings. The monoisotopic (exact) mass is 440 g/mol. The summed E-state index contributed by atoms with van der Waals surface area (Å²) in [6, 6.07) is 11.0. The third-order valence-corrected chi connectivity index (χ3v) is 8.38.